The van der Waals surface area contributed by atoms with E-state index in [0.29, 0.717) is 24.7 Å². The van der Waals surface area contributed by atoms with Crippen LogP contribution in [0.5, 0.6) is 0 Å². The second-order valence-electron chi connectivity index (χ2n) is 8.54. The SMILES string of the molecule is C[C@]12CCC(=O)C=C1CC[C@H]1[C@@H]3[C@@H](O)CC(=O)[C@@]3(C)CC[C@@H]12. The highest BCUT2D eigenvalue weighted by molar-refractivity contribution is 5.91. The van der Waals surface area contributed by atoms with Gasteiger partial charge in [-0.25, -0.2) is 0 Å². The number of rotatable bonds is 0. The minimum Gasteiger partial charge on any atom is -0.392 e. The number of allylic oxidation sites excluding steroid dienone is 1. The Balaban J connectivity index is 1.73. The highest BCUT2D eigenvalue weighted by Gasteiger charge is 2.61. The van der Waals surface area contributed by atoms with Gasteiger partial charge in [0.1, 0.15) is 5.78 Å². The maximum absolute atomic E-state index is 12.4. The first kappa shape index (κ1) is 14.6. The van der Waals surface area contributed by atoms with E-state index in [2.05, 4.69) is 13.8 Å². The van der Waals surface area contributed by atoms with Crippen LogP contribution in [0.4, 0.5) is 0 Å². The fraction of sp³-hybridized carbons (Fsp3) is 0.789. The lowest BCUT2D eigenvalue weighted by Gasteiger charge is -2.57. The van der Waals surface area contributed by atoms with Crippen molar-refractivity contribution >= 4 is 11.6 Å². The van der Waals surface area contributed by atoms with E-state index < -0.39 is 6.10 Å². The topological polar surface area (TPSA) is 54.4 Å². The normalized spacial score (nSPS) is 51.0. The van der Waals surface area contributed by atoms with E-state index >= 15 is 0 Å². The third kappa shape index (κ3) is 1.72. The van der Waals surface area contributed by atoms with E-state index in [4.69, 9.17) is 0 Å². The van der Waals surface area contributed by atoms with Crippen LogP contribution < -0.4 is 0 Å². The Morgan fingerprint density at radius 2 is 1.86 bits per heavy atom. The van der Waals surface area contributed by atoms with Gasteiger partial charge in [0, 0.05) is 24.2 Å². The molecule has 4 aliphatic carbocycles. The zero-order valence-electron chi connectivity index (χ0n) is 13.6. The maximum Gasteiger partial charge on any atom is 0.155 e. The van der Waals surface area contributed by atoms with Crippen molar-refractivity contribution in [1.82, 2.24) is 0 Å². The Morgan fingerprint density at radius 1 is 1.09 bits per heavy atom. The minimum absolute atomic E-state index is 0.115. The minimum atomic E-state index is -0.454. The standard InChI is InChI=1S/C19H26O3/c1-18-7-5-12(20)9-11(18)3-4-13-14(18)6-8-19(2)16(22)10-15(21)17(13)19/h9,13-15,17,21H,3-8,10H2,1-2H3/t13-,14+,15+,17-,18+,19-/m1/s1. The molecule has 4 rings (SSSR count). The number of aliphatic hydroxyl groups excluding tert-OH is 1. The summed E-state index contributed by atoms with van der Waals surface area (Å²) >= 11 is 0. The molecular formula is C19H26O3. The molecule has 1 N–H and O–H groups in total. The lowest BCUT2D eigenvalue weighted by atomic mass is 9.47. The van der Waals surface area contributed by atoms with Gasteiger partial charge in [-0.1, -0.05) is 19.4 Å². The van der Waals surface area contributed by atoms with Gasteiger partial charge in [0.25, 0.3) is 0 Å². The van der Waals surface area contributed by atoms with Crippen LogP contribution >= 0.6 is 0 Å². The quantitative estimate of drug-likeness (QED) is 0.748. The molecule has 3 nitrogen and oxygen atoms in total. The van der Waals surface area contributed by atoms with Gasteiger partial charge in [0.2, 0.25) is 0 Å². The van der Waals surface area contributed by atoms with Crippen molar-refractivity contribution in [3.05, 3.63) is 11.6 Å². The predicted molar refractivity (Wildman–Crippen MR) is 83.1 cm³/mol. The van der Waals surface area contributed by atoms with Gasteiger partial charge < -0.3 is 5.11 Å². The van der Waals surface area contributed by atoms with Crippen LogP contribution in [0.1, 0.15) is 58.8 Å². The molecule has 120 valence electrons. The highest BCUT2D eigenvalue weighted by atomic mass is 16.3. The molecular weight excluding hydrogens is 276 g/mol. The average molecular weight is 302 g/mol. The van der Waals surface area contributed by atoms with Crippen molar-refractivity contribution in [2.75, 3.05) is 0 Å². The van der Waals surface area contributed by atoms with Crippen molar-refractivity contribution in [3.63, 3.8) is 0 Å². The summed E-state index contributed by atoms with van der Waals surface area (Å²) in [7, 11) is 0. The number of ketones is 2. The molecule has 4 aliphatic rings. The van der Waals surface area contributed by atoms with Gasteiger partial charge >= 0.3 is 0 Å². The molecule has 6 atom stereocenters. The average Bonchev–Trinajstić information content (AvgIpc) is 2.70. The van der Waals surface area contributed by atoms with Crippen LogP contribution in [0, 0.1) is 28.6 Å². The summed E-state index contributed by atoms with van der Waals surface area (Å²) in [5.74, 6) is 1.65. The Labute approximate surface area is 132 Å². The first-order valence-corrected chi connectivity index (χ1v) is 8.81. The fourth-order valence-corrected chi connectivity index (χ4v) is 6.39. The van der Waals surface area contributed by atoms with Gasteiger partial charge in [-0.05, 0) is 55.4 Å². The Kier molecular flexibility index (Phi) is 3.01. The van der Waals surface area contributed by atoms with Crippen molar-refractivity contribution < 1.29 is 14.7 Å². The Morgan fingerprint density at radius 3 is 2.64 bits per heavy atom. The monoisotopic (exact) mass is 302 g/mol. The number of fused-ring (bicyclic) bond motifs is 5. The fourth-order valence-electron chi connectivity index (χ4n) is 6.39. The zero-order valence-corrected chi connectivity index (χ0v) is 13.6. The summed E-state index contributed by atoms with van der Waals surface area (Å²) in [6.45, 7) is 4.42. The van der Waals surface area contributed by atoms with Crippen LogP contribution in [0.15, 0.2) is 11.6 Å². The molecule has 0 aliphatic heterocycles. The number of hydrogen-bond donors (Lipinski definition) is 1. The number of aliphatic hydroxyl groups is 1. The van der Waals surface area contributed by atoms with Crippen LogP contribution in [-0.4, -0.2) is 22.8 Å². The van der Waals surface area contributed by atoms with Crippen molar-refractivity contribution in [1.29, 1.82) is 0 Å². The van der Waals surface area contributed by atoms with Crippen molar-refractivity contribution in [2.45, 2.75) is 64.9 Å². The van der Waals surface area contributed by atoms with Gasteiger partial charge in [0.15, 0.2) is 5.78 Å². The van der Waals surface area contributed by atoms with Crippen LogP contribution in [0.25, 0.3) is 0 Å². The van der Waals surface area contributed by atoms with Crippen LogP contribution in [0.2, 0.25) is 0 Å². The van der Waals surface area contributed by atoms with Gasteiger partial charge in [-0.15, -0.1) is 0 Å². The molecule has 0 bridgehead atoms. The van der Waals surface area contributed by atoms with Crippen LogP contribution in [0.3, 0.4) is 0 Å². The largest absolute Gasteiger partial charge is 0.392 e. The van der Waals surface area contributed by atoms with E-state index in [1.54, 1.807) is 0 Å². The van der Waals surface area contributed by atoms with E-state index in [9.17, 15) is 14.7 Å². The molecule has 3 fully saturated rings. The molecule has 0 heterocycles. The first-order valence-electron chi connectivity index (χ1n) is 8.81. The third-order valence-electron chi connectivity index (χ3n) is 7.66. The molecule has 0 amide bonds. The van der Waals surface area contributed by atoms with Gasteiger partial charge in [-0.2, -0.15) is 0 Å². The number of carbonyl (C=O) groups excluding carboxylic acids is 2. The molecule has 0 aromatic carbocycles. The number of hydrogen-bond acceptors (Lipinski definition) is 3. The molecule has 0 saturated heterocycles. The molecule has 3 saturated carbocycles. The molecule has 0 aromatic rings. The smallest absolute Gasteiger partial charge is 0.155 e. The zero-order chi connectivity index (χ0) is 15.7. The second kappa shape index (κ2) is 4.53. The Hall–Kier alpha value is -0.960. The van der Waals surface area contributed by atoms with Gasteiger partial charge in [-0.3, -0.25) is 9.59 Å². The third-order valence-corrected chi connectivity index (χ3v) is 7.66. The lowest BCUT2D eigenvalue weighted by Crippen LogP contribution is -2.52. The van der Waals surface area contributed by atoms with Gasteiger partial charge in [0.05, 0.1) is 6.10 Å². The first-order chi connectivity index (χ1) is 10.4. The van der Waals surface area contributed by atoms with E-state index in [1.165, 1.54) is 5.57 Å². The summed E-state index contributed by atoms with van der Waals surface area (Å²) in [5.41, 5.74) is 1.15. The Bertz CT molecular complexity index is 577. The second-order valence-corrected chi connectivity index (χ2v) is 8.54. The predicted octanol–water partition coefficient (Wildman–Crippen LogP) is 3.06. The molecule has 0 radical (unpaired) electrons. The van der Waals surface area contributed by atoms with E-state index in [-0.39, 0.29) is 28.3 Å². The highest BCUT2D eigenvalue weighted by Crippen LogP contribution is 2.64. The molecule has 0 unspecified atom stereocenters. The molecule has 22 heavy (non-hydrogen) atoms. The lowest BCUT2D eigenvalue weighted by molar-refractivity contribution is -0.133. The van der Waals surface area contributed by atoms with E-state index in [1.807, 2.05) is 6.08 Å². The molecule has 3 heteroatoms. The summed E-state index contributed by atoms with van der Waals surface area (Å²) in [6, 6.07) is 0. The summed E-state index contributed by atoms with van der Waals surface area (Å²) in [6.07, 6.45) is 7.39. The van der Waals surface area contributed by atoms with Crippen LogP contribution in [-0.2, 0) is 9.59 Å². The summed E-state index contributed by atoms with van der Waals surface area (Å²) in [5, 5.41) is 10.5. The van der Waals surface area contributed by atoms with E-state index in [0.717, 1.165) is 32.1 Å². The number of carbonyl (C=O) groups is 2. The summed E-state index contributed by atoms with van der Waals surface area (Å²) in [4.78, 5) is 24.2. The maximum atomic E-state index is 12.4. The van der Waals surface area contributed by atoms with Crippen molar-refractivity contribution in [2.24, 2.45) is 28.6 Å². The number of Topliss-reactive ketones (excluding diaryl/α,β-unsaturated/α-hetero) is 1. The summed E-state index contributed by atoms with van der Waals surface area (Å²) < 4.78 is 0. The molecule has 0 spiro atoms. The van der Waals surface area contributed by atoms with Crippen molar-refractivity contribution in [3.8, 4) is 0 Å². The molecule has 0 aromatic heterocycles.